The molecule has 10 heteroatoms. The van der Waals surface area contributed by atoms with Gasteiger partial charge in [-0.2, -0.15) is 0 Å². The van der Waals surface area contributed by atoms with E-state index in [1.165, 1.54) is 38.5 Å². The second kappa shape index (κ2) is 9.06. The number of aromatic hydroxyl groups is 2. The first-order chi connectivity index (χ1) is 17.1. The summed E-state index contributed by atoms with van der Waals surface area (Å²) in [6, 6.07) is 18.4. The van der Waals surface area contributed by atoms with Crippen molar-refractivity contribution in [2.24, 2.45) is 0 Å². The Morgan fingerprint density at radius 2 is 1.22 bits per heavy atom. The van der Waals surface area contributed by atoms with E-state index in [1.54, 1.807) is 6.92 Å². The second-order valence-corrected chi connectivity index (χ2v) is 8.26. The molecule has 36 heavy (non-hydrogen) atoms. The molecule has 0 amide bonds. The fourth-order valence-corrected chi connectivity index (χ4v) is 4.49. The van der Waals surface area contributed by atoms with Crippen molar-refractivity contribution in [3.8, 4) is 23.0 Å². The lowest BCUT2D eigenvalue weighted by Gasteiger charge is -2.33. The minimum Gasteiger partial charge on any atom is -0.500 e. The average Bonchev–Trinajstić information content (AvgIpc) is 2.87. The zero-order chi connectivity index (χ0) is 26.2. The van der Waals surface area contributed by atoms with Gasteiger partial charge in [-0.3, -0.25) is 20.2 Å². The number of methoxy groups -OCH3 is 2. The van der Waals surface area contributed by atoms with Crippen LogP contribution in [0, 0.1) is 20.2 Å². The Balaban J connectivity index is 2.19. The molecule has 0 heterocycles. The maximum absolute atomic E-state index is 11.8. The highest BCUT2D eigenvalue weighted by molar-refractivity contribution is 5.88. The van der Waals surface area contributed by atoms with Crippen LogP contribution >= 0.6 is 0 Å². The number of ether oxygens (including phenoxy) is 2. The third-order valence-corrected chi connectivity index (χ3v) is 6.43. The number of nitro benzene ring substituents is 2. The van der Waals surface area contributed by atoms with E-state index >= 15 is 0 Å². The van der Waals surface area contributed by atoms with E-state index in [0.717, 1.165) is 10.8 Å². The van der Waals surface area contributed by atoms with Gasteiger partial charge in [0.05, 0.1) is 24.1 Å². The maximum atomic E-state index is 11.8. The number of rotatable bonds is 7. The quantitative estimate of drug-likeness (QED) is 0.198. The van der Waals surface area contributed by atoms with E-state index in [9.17, 15) is 30.4 Å². The van der Waals surface area contributed by atoms with E-state index in [1.807, 2.05) is 42.5 Å². The minimum atomic E-state index is -1.27. The molecule has 2 N–H and O–H groups in total. The Labute approximate surface area is 205 Å². The minimum absolute atomic E-state index is 0.133. The summed E-state index contributed by atoms with van der Waals surface area (Å²) in [6.07, 6.45) is 0. The van der Waals surface area contributed by atoms with Crippen molar-refractivity contribution >= 4 is 22.1 Å². The smallest absolute Gasteiger partial charge is 0.314 e. The van der Waals surface area contributed by atoms with Crippen molar-refractivity contribution in [3.63, 3.8) is 0 Å². The Kier molecular flexibility index (Phi) is 6.11. The lowest BCUT2D eigenvalue weighted by atomic mass is 9.69. The zero-order valence-corrected chi connectivity index (χ0v) is 19.6. The van der Waals surface area contributed by atoms with Crippen LogP contribution in [0.5, 0.6) is 23.0 Å². The Morgan fingerprint density at radius 1 is 0.750 bits per heavy atom. The van der Waals surface area contributed by atoms with Gasteiger partial charge >= 0.3 is 11.4 Å². The van der Waals surface area contributed by atoms with Crippen LogP contribution in [0.3, 0.4) is 0 Å². The van der Waals surface area contributed by atoms with Crippen LogP contribution in [-0.4, -0.2) is 34.3 Å². The molecule has 0 bridgehead atoms. The molecule has 4 aromatic rings. The van der Waals surface area contributed by atoms with Crippen molar-refractivity contribution in [3.05, 3.63) is 104 Å². The molecule has 0 atom stereocenters. The number of nitrogens with zero attached hydrogens (tertiary/aromatic N) is 2. The molecule has 10 nitrogen and oxygen atoms in total. The third-order valence-electron chi connectivity index (χ3n) is 6.43. The van der Waals surface area contributed by atoms with Gasteiger partial charge in [0, 0.05) is 17.5 Å². The maximum Gasteiger partial charge on any atom is 0.314 e. The Bertz CT molecular complexity index is 1440. The van der Waals surface area contributed by atoms with Gasteiger partial charge in [-0.1, -0.05) is 42.5 Å². The third kappa shape index (κ3) is 3.78. The molecule has 4 aromatic carbocycles. The van der Waals surface area contributed by atoms with Crippen LogP contribution in [0.4, 0.5) is 11.4 Å². The largest absolute Gasteiger partial charge is 0.500 e. The summed E-state index contributed by atoms with van der Waals surface area (Å²) in [7, 11) is 2.54. The van der Waals surface area contributed by atoms with Crippen molar-refractivity contribution in [2.75, 3.05) is 14.2 Å². The molecular formula is C26H22N2O8. The molecule has 0 fully saturated rings. The summed E-state index contributed by atoms with van der Waals surface area (Å²) >= 11 is 0. The van der Waals surface area contributed by atoms with Crippen LogP contribution < -0.4 is 9.47 Å². The van der Waals surface area contributed by atoms with Gasteiger partial charge in [0.15, 0.2) is 11.5 Å². The molecule has 4 rings (SSSR count). The molecule has 0 saturated heterocycles. The van der Waals surface area contributed by atoms with Gasteiger partial charge in [0.25, 0.3) is 0 Å². The fraction of sp³-hybridized carbons (Fsp3) is 0.154. The topological polar surface area (TPSA) is 145 Å². The molecule has 184 valence electrons. The van der Waals surface area contributed by atoms with E-state index in [-0.39, 0.29) is 11.5 Å². The van der Waals surface area contributed by atoms with Gasteiger partial charge in [-0.05, 0) is 46.5 Å². The molecule has 0 aromatic heterocycles. The number of nitro groups is 2. The summed E-state index contributed by atoms with van der Waals surface area (Å²) in [5, 5.41) is 46.0. The molecule has 0 aliphatic heterocycles. The lowest BCUT2D eigenvalue weighted by molar-refractivity contribution is -0.386. The summed E-state index contributed by atoms with van der Waals surface area (Å²) in [6.45, 7) is 1.75. The number of phenols is 2. The van der Waals surface area contributed by atoms with Crippen LogP contribution in [0.15, 0.2) is 66.7 Å². The van der Waals surface area contributed by atoms with Gasteiger partial charge in [0.1, 0.15) is 0 Å². The van der Waals surface area contributed by atoms with Gasteiger partial charge in [0.2, 0.25) is 11.5 Å². The van der Waals surface area contributed by atoms with Crippen molar-refractivity contribution < 1.29 is 29.5 Å². The predicted molar refractivity (Wildman–Crippen MR) is 132 cm³/mol. The van der Waals surface area contributed by atoms with Crippen LogP contribution in [0.25, 0.3) is 10.8 Å². The molecule has 0 aliphatic rings. The van der Waals surface area contributed by atoms with E-state index in [2.05, 4.69) is 0 Å². The number of phenolic OH excluding ortho intramolecular Hbond substituents is 2. The van der Waals surface area contributed by atoms with E-state index < -0.39 is 38.1 Å². The summed E-state index contributed by atoms with van der Waals surface area (Å²) < 4.78 is 10.5. The van der Waals surface area contributed by atoms with Crippen molar-refractivity contribution in [1.29, 1.82) is 0 Å². The highest BCUT2D eigenvalue weighted by Gasteiger charge is 2.38. The molecular weight excluding hydrogens is 468 g/mol. The zero-order valence-electron chi connectivity index (χ0n) is 19.6. The number of fused-ring (bicyclic) bond motifs is 1. The first-order valence-corrected chi connectivity index (χ1v) is 10.7. The van der Waals surface area contributed by atoms with Crippen LogP contribution in [0.1, 0.15) is 23.6 Å². The first-order valence-electron chi connectivity index (χ1n) is 10.7. The number of hydrogen-bond donors (Lipinski definition) is 2. The predicted octanol–water partition coefficient (Wildman–Crippen LogP) is 5.44. The molecule has 0 radical (unpaired) electrons. The first kappa shape index (κ1) is 24.3. The summed E-state index contributed by atoms with van der Waals surface area (Å²) in [4.78, 5) is 22.1. The molecule has 0 spiro atoms. The Morgan fingerprint density at radius 3 is 1.69 bits per heavy atom. The van der Waals surface area contributed by atoms with E-state index in [4.69, 9.17) is 9.47 Å². The molecule has 0 unspecified atom stereocenters. The standard InChI is InChI=1S/C26H22N2O8/c1-26(19-10-6-8-15-7-4-5-9-18(15)19,16-11-20(27(31)32)24(29)22(13-16)35-2)17-12-21(28(33)34)25(30)23(14-17)36-3/h4-14,29-30H,1-3H3. The van der Waals surface area contributed by atoms with Crippen molar-refractivity contribution in [2.45, 2.75) is 12.3 Å². The summed E-state index contributed by atoms with van der Waals surface area (Å²) in [5.74, 6) is -1.54. The Hall–Kier alpha value is -4.86. The van der Waals surface area contributed by atoms with Crippen LogP contribution in [0.2, 0.25) is 0 Å². The highest BCUT2D eigenvalue weighted by Crippen LogP contribution is 2.50. The molecule has 0 saturated carbocycles. The van der Waals surface area contributed by atoms with E-state index in [0.29, 0.717) is 16.7 Å². The number of benzene rings is 4. The number of hydrogen-bond acceptors (Lipinski definition) is 8. The normalized spacial score (nSPS) is 11.3. The van der Waals surface area contributed by atoms with Gasteiger partial charge in [-0.15, -0.1) is 0 Å². The highest BCUT2D eigenvalue weighted by atomic mass is 16.6. The van der Waals surface area contributed by atoms with Gasteiger partial charge in [-0.25, -0.2) is 0 Å². The molecule has 0 aliphatic carbocycles. The SMILES string of the molecule is COc1cc(C(C)(c2cc(OC)c(O)c([N+](=O)[O-])c2)c2cccc3ccccc23)cc([N+](=O)[O-])c1O. The fourth-order valence-electron chi connectivity index (χ4n) is 4.49. The average molecular weight is 490 g/mol. The van der Waals surface area contributed by atoms with Gasteiger partial charge < -0.3 is 19.7 Å². The lowest BCUT2D eigenvalue weighted by Crippen LogP contribution is -2.26. The van der Waals surface area contributed by atoms with Crippen molar-refractivity contribution in [1.82, 2.24) is 0 Å². The monoisotopic (exact) mass is 490 g/mol. The summed E-state index contributed by atoms with van der Waals surface area (Å²) in [5.41, 5.74) is -1.13. The van der Waals surface area contributed by atoms with Crippen LogP contribution in [-0.2, 0) is 5.41 Å². The second-order valence-electron chi connectivity index (χ2n) is 8.26.